The topological polar surface area (TPSA) is 37.3 Å². The van der Waals surface area contributed by atoms with Crippen LogP contribution in [0.25, 0.3) is 0 Å². The molecule has 0 amide bonds. The Morgan fingerprint density at radius 1 is 0.340 bits per heavy atom. The number of hydrogen-bond donors (Lipinski definition) is 1. The molecule has 0 saturated heterocycles. The smallest absolute Gasteiger partial charge is 0.306 e. The number of rotatable bonds is 36. The first kappa shape index (κ1) is 49.5. The Hall–Kier alpha value is -0.530. The van der Waals surface area contributed by atoms with Crippen molar-refractivity contribution in [1.29, 1.82) is 0 Å². The summed E-state index contributed by atoms with van der Waals surface area (Å²) in [5.41, 5.74) is 0. The van der Waals surface area contributed by atoms with Crippen molar-refractivity contribution in [3.8, 4) is 0 Å². The second-order valence-corrected chi connectivity index (χ2v) is 19.4. The van der Waals surface area contributed by atoms with Gasteiger partial charge in [-0.05, 0) is 111 Å². The van der Waals surface area contributed by atoms with E-state index in [9.17, 15) is 9.90 Å². The zero-order chi connectivity index (χ0) is 37.7. The third-order valence-electron chi connectivity index (χ3n) is 12.2. The molecule has 0 heterocycles. The molecule has 0 spiro atoms. The lowest BCUT2D eigenvalue weighted by atomic mass is 9.79. The van der Waals surface area contributed by atoms with Crippen LogP contribution in [0.4, 0.5) is 0 Å². The van der Waals surface area contributed by atoms with Gasteiger partial charge in [0.1, 0.15) is 0 Å². The van der Waals surface area contributed by atoms with Crippen LogP contribution in [0.2, 0.25) is 0 Å². The zero-order valence-corrected chi connectivity index (χ0v) is 36.5. The number of carbonyl (C=O) groups is 1. The first-order valence-electron chi connectivity index (χ1n) is 23.0. The van der Waals surface area contributed by atoms with Gasteiger partial charge in [-0.25, -0.2) is 0 Å². The second-order valence-electron chi connectivity index (χ2n) is 19.4. The van der Waals surface area contributed by atoms with E-state index in [2.05, 4.69) is 69.2 Å². The standard InChI is InChI=1S/C48H96O2/c1-12-13-14-15-16-17-18-19-20-21-22-23-24-25-26-27-28-38(2)29-39(3)30-40(4)31-41(5)32-42(6)33-43(7)34-44(8)35-45(9)36-46(10)37-47(11)48(49)50/h38-47H,12-37H2,1-11H3,(H,49,50)/t38-,39-,40-,41-,42-,43-,44-,45-,46-,47-/m0/s1. The lowest BCUT2D eigenvalue weighted by molar-refractivity contribution is -0.141. The van der Waals surface area contributed by atoms with Crippen LogP contribution in [-0.4, -0.2) is 11.1 Å². The molecule has 0 aliphatic rings. The van der Waals surface area contributed by atoms with Crippen LogP contribution in [0.3, 0.4) is 0 Å². The molecule has 0 rings (SSSR count). The van der Waals surface area contributed by atoms with Crippen LogP contribution in [0.1, 0.15) is 243 Å². The lowest BCUT2D eigenvalue weighted by Crippen LogP contribution is -2.16. The number of carboxylic acids is 1. The summed E-state index contributed by atoms with van der Waals surface area (Å²) in [6.45, 7) is 26.2. The van der Waals surface area contributed by atoms with Crippen molar-refractivity contribution in [3.05, 3.63) is 0 Å². The quantitative estimate of drug-likeness (QED) is 0.0659. The summed E-state index contributed by atoms with van der Waals surface area (Å²) in [4.78, 5) is 11.2. The molecule has 300 valence electrons. The van der Waals surface area contributed by atoms with E-state index in [1.807, 2.05) is 6.92 Å². The van der Waals surface area contributed by atoms with Crippen LogP contribution in [-0.2, 0) is 4.79 Å². The van der Waals surface area contributed by atoms with Crippen LogP contribution in [0.5, 0.6) is 0 Å². The molecule has 0 aliphatic heterocycles. The molecule has 0 fully saturated rings. The van der Waals surface area contributed by atoms with E-state index < -0.39 is 5.97 Å². The van der Waals surface area contributed by atoms with E-state index in [0.717, 1.165) is 54.3 Å². The minimum absolute atomic E-state index is 0.225. The Morgan fingerprint density at radius 3 is 0.820 bits per heavy atom. The maximum Gasteiger partial charge on any atom is 0.306 e. The van der Waals surface area contributed by atoms with Gasteiger partial charge in [-0.3, -0.25) is 4.79 Å². The van der Waals surface area contributed by atoms with Gasteiger partial charge in [0.25, 0.3) is 0 Å². The summed E-state index contributed by atoms with van der Waals surface area (Å²) in [7, 11) is 0. The summed E-state index contributed by atoms with van der Waals surface area (Å²) in [6.07, 6.45) is 36.3. The average Bonchev–Trinajstić information content (AvgIpc) is 2.99. The second kappa shape index (κ2) is 31.9. The van der Waals surface area contributed by atoms with Crippen molar-refractivity contribution in [1.82, 2.24) is 0 Å². The Kier molecular flexibility index (Phi) is 31.6. The Bertz CT molecular complexity index is 746. The molecular weight excluding hydrogens is 609 g/mol. The Balaban J connectivity index is 3.93. The maximum atomic E-state index is 11.2. The van der Waals surface area contributed by atoms with Crippen LogP contribution < -0.4 is 0 Å². The molecule has 0 radical (unpaired) electrons. The van der Waals surface area contributed by atoms with Crippen LogP contribution >= 0.6 is 0 Å². The SMILES string of the molecule is CCCCCCCCCCCCCCCCCC[C@H](C)C[C@H](C)C[C@H](C)C[C@H](C)C[C@H](C)C[C@H](C)C[C@H](C)C[C@H](C)C[C@H](C)C[C@H](C)C(=O)O. The lowest BCUT2D eigenvalue weighted by Gasteiger charge is -2.27. The molecule has 10 atom stereocenters. The van der Waals surface area contributed by atoms with Crippen LogP contribution in [0, 0.1) is 59.2 Å². The average molecular weight is 705 g/mol. The van der Waals surface area contributed by atoms with E-state index in [4.69, 9.17) is 0 Å². The third-order valence-corrected chi connectivity index (χ3v) is 12.2. The summed E-state index contributed by atoms with van der Waals surface area (Å²) < 4.78 is 0. The number of hydrogen-bond acceptors (Lipinski definition) is 1. The van der Waals surface area contributed by atoms with E-state index >= 15 is 0 Å². The minimum Gasteiger partial charge on any atom is -0.481 e. The van der Waals surface area contributed by atoms with Gasteiger partial charge >= 0.3 is 5.97 Å². The van der Waals surface area contributed by atoms with Crippen molar-refractivity contribution in [2.75, 3.05) is 0 Å². The first-order chi connectivity index (χ1) is 23.7. The highest BCUT2D eigenvalue weighted by Gasteiger charge is 2.21. The molecule has 2 nitrogen and oxygen atoms in total. The Labute approximate surface area is 317 Å². The van der Waals surface area contributed by atoms with Crippen molar-refractivity contribution in [2.45, 2.75) is 243 Å². The molecule has 1 N–H and O–H groups in total. The number of unbranched alkanes of at least 4 members (excludes halogenated alkanes) is 15. The summed E-state index contributed by atoms with van der Waals surface area (Å²) >= 11 is 0. The molecule has 0 unspecified atom stereocenters. The van der Waals surface area contributed by atoms with Crippen LogP contribution in [0.15, 0.2) is 0 Å². The molecule has 0 aromatic rings. The van der Waals surface area contributed by atoms with E-state index in [-0.39, 0.29) is 5.92 Å². The van der Waals surface area contributed by atoms with Gasteiger partial charge < -0.3 is 5.11 Å². The van der Waals surface area contributed by atoms with Gasteiger partial charge in [-0.15, -0.1) is 0 Å². The van der Waals surface area contributed by atoms with Gasteiger partial charge in [-0.1, -0.05) is 185 Å². The minimum atomic E-state index is -0.653. The molecule has 2 heteroatoms. The Morgan fingerprint density at radius 2 is 0.560 bits per heavy atom. The van der Waals surface area contributed by atoms with E-state index in [1.54, 1.807) is 0 Å². The fourth-order valence-electron chi connectivity index (χ4n) is 10.1. The number of carboxylic acid groups (broad SMARTS) is 1. The summed E-state index contributed by atoms with van der Waals surface area (Å²) in [5, 5.41) is 9.23. The maximum absolute atomic E-state index is 11.2. The summed E-state index contributed by atoms with van der Waals surface area (Å²) in [6, 6.07) is 0. The van der Waals surface area contributed by atoms with Crippen molar-refractivity contribution in [2.24, 2.45) is 59.2 Å². The molecular formula is C48H96O2. The highest BCUT2D eigenvalue weighted by atomic mass is 16.4. The first-order valence-corrected chi connectivity index (χ1v) is 23.0. The zero-order valence-electron chi connectivity index (χ0n) is 36.5. The highest BCUT2D eigenvalue weighted by molar-refractivity contribution is 5.69. The predicted molar refractivity (Wildman–Crippen MR) is 225 cm³/mol. The van der Waals surface area contributed by atoms with E-state index in [1.165, 1.54) is 154 Å². The predicted octanol–water partition coefficient (Wildman–Crippen LogP) is 16.6. The number of aliphatic carboxylic acids is 1. The molecule has 0 saturated carbocycles. The third kappa shape index (κ3) is 31.0. The van der Waals surface area contributed by atoms with Gasteiger partial charge in [0.2, 0.25) is 0 Å². The molecule has 0 aromatic carbocycles. The van der Waals surface area contributed by atoms with Gasteiger partial charge in [0.15, 0.2) is 0 Å². The van der Waals surface area contributed by atoms with Crippen molar-refractivity contribution < 1.29 is 9.90 Å². The fourth-order valence-corrected chi connectivity index (χ4v) is 10.1. The highest BCUT2D eigenvalue weighted by Crippen LogP contribution is 2.32. The molecule has 0 aliphatic carbocycles. The van der Waals surface area contributed by atoms with E-state index in [0.29, 0.717) is 11.8 Å². The van der Waals surface area contributed by atoms with Gasteiger partial charge in [0.05, 0.1) is 5.92 Å². The molecule has 50 heavy (non-hydrogen) atoms. The van der Waals surface area contributed by atoms with Gasteiger partial charge in [-0.2, -0.15) is 0 Å². The fraction of sp³-hybridized carbons (Fsp3) is 0.979. The monoisotopic (exact) mass is 705 g/mol. The molecule has 0 bridgehead atoms. The van der Waals surface area contributed by atoms with Gasteiger partial charge in [0, 0.05) is 0 Å². The normalized spacial score (nSPS) is 18.1. The van der Waals surface area contributed by atoms with Crippen molar-refractivity contribution >= 4 is 5.97 Å². The molecule has 0 aromatic heterocycles. The van der Waals surface area contributed by atoms with Crippen molar-refractivity contribution in [3.63, 3.8) is 0 Å². The largest absolute Gasteiger partial charge is 0.481 e. The summed E-state index contributed by atoms with van der Waals surface area (Å²) in [5.74, 6) is 6.06.